The summed E-state index contributed by atoms with van der Waals surface area (Å²) in [5.41, 5.74) is 3.14. The van der Waals surface area contributed by atoms with E-state index in [1.165, 1.54) is 4.90 Å². The molecule has 1 aliphatic heterocycles. The van der Waals surface area contributed by atoms with E-state index in [-0.39, 0.29) is 11.8 Å². The van der Waals surface area contributed by atoms with Gasteiger partial charge in [0.25, 0.3) is 11.8 Å². The number of nitrogens with zero attached hydrogens (tertiary/aromatic N) is 1. The highest BCUT2D eigenvalue weighted by Crippen LogP contribution is 2.24. The van der Waals surface area contributed by atoms with E-state index < -0.39 is 0 Å². The zero-order valence-corrected chi connectivity index (χ0v) is 12.3. The smallest absolute Gasteiger partial charge is 0.261 e. The standard InChI is InChI=1S/C19H17NO2/c1-14(15-9-3-2-4-10-15)8-7-13-20-18(21)16-11-5-6-12-17(16)19(20)22/h2-6,9-12H,1,7-8,13H2. The number of hydrogen-bond donors (Lipinski definition) is 0. The maximum atomic E-state index is 12.2. The van der Waals surface area contributed by atoms with Gasteiger partial charge in [-0.3, -0.25) is 14.5 Å². The van der Waals surface area contributed by atoms with Gasteiger partial charge < -0.3 is 0 Å². The number of imide groups is 1. The first-order valence-corrected chi connectivity index (χ1v) is 7.37. The molecule has 3 nitrogen and oxygen atoms in total. The van der Waals surface area contributed by atoms with Crippen LogP contribution >= 0.6 is 0 Å². The van der Waals surface area contributed by atoms with Crippen molar-refractivity contribution in [3.63, 3.8) is 0 Å². The van der Waals surface area contributed by atoms with Crippen molar-refractivity contribution in [2.45, 2.75) is 12.8 Å². The number of benzene rings is 2. The monoisotopic (exact) mass is 291 g/mol. The Hall–Kier alpha value is -2.68. The van der Waals surface area contributed by atoms with Gasteiger partial charge in [-0.1, -0.05) is 49.0 Å². The second-order valence-corrected chi connectivity index (χ2v) is 5.38. The lowest BCUT2D eigenvalue weighted by atomic mass is 10.0. The van der Waals surface area contributed by atoms with E-state index in [1.54, 1.807) is 24.3 Å². The van der Waals surface area contributed by atoms with E-state index in [4.69, 9.17) is 0 Å². The van der Waals surface area contributed by atoms with Gasteiger partial charge in [0.2, 0.25) is 0 Å². The van der Waals surface area contributed by atoms with Crippen molar-refractivity contribution in [1.82, 2.24) is 4.90 Å². The minimum atomic E-state index is -0.189. The topological polar surface area (TPSA) is 37.4 Å². The molecule has 0 N–H and O–H groups in total. The molecule has 3 rings (SSSR count). The number of carbonyl (C=O) groups is 2. The first kappa shape index (κ1) is 14.3. The Bertz CT molecular complexity index is 699. The average Bonchev–Trinajstić information content (AvgIpc) is 2.81. The summed E-state index contributed by atoms with van der Waals surface area (Å²) in [7, 11) is 0. The molecule has 0 fully saturated rings. The van der Waals surface area contributed by atoms with Gasteiger partial charge in [0.05, 0.1) is 11.1 Å². The van der Waals surface area contributed by atoms with Crippen molar-refractivity contribution in [1.29, 1.82) is 0 Å². The number of fused-ring (bicyclic) bond motifs is 1. The summed E-state index contributed by atoms with van der Waals surface area (Å²) in [6.45, 7) is 4.51. The molecule has 110 valence electrons. The number of allylic oxidation sites excluding steroid dienone is 1. The van der Waals surface area contributed by atoms with Crippen molar-refractivity contribution in [2.75, 3.05) is 6.54 Å². The molecule has 0 aromatic heterocycles. The van der Waals surface area contributed by atoms with Crippen molar-refractivity contribution >= 4 is 17.4 Å². The fourth-order valence-corrected chi connectivity index (χ4v) is 2.71. The third-order valence-corrected chi connectivity index (χ3v) is 3.92. The Morgan fingerprint density at radius 1 is 0.864 bits per heavy atom. The molecule has 0 spiro atoms. The van der Waals surface area contributed by atoms with Gasteiger partial charge in [0.15, 0.2) is 0 Å². The Kier molecular flexibility index (Phi) is 3.88. The van der Waals surface area contributed by atoms with Gasteiger partial charge in [0, 0.05) is 6.54 Å². The fraction of sp³-hybridized carbons (Fsp3) is 0.158. The highest BCUT2D eigenvalue weighted by Gasteiger charge is 2.34. The van der Waals surface area contributed by atoms with Gasteiger partial charge >= 0.3 is 0 Å². The highest BCUT2D eigenvalue weighted by molar-refractivity contribution is 6.21. The minimum absolute atomic E-state index is 0.189. The molecule has 0 bridgehead atoms. The lowest BCUT2D eigenvalue weighted by Crippen LogP contribution is -2.30. The third kappa shape index (κ3) is 2.58. The first-order chi connectivity index (χ1) is 10.7. The predicted octanol–water partition coefficient (Wildman–Crippen LogP) is 3.78. The zero-order chi connectivity index (χ0) is 15.5. The molecule has 0 unspecified atom stereocenters. The van der Waals surface area contributed by atoms with Crippen molar-refractivity contribution in [2.24, 2.45) is 0 Å². The molecule has 0 aliphatic carbocycles. The second-order valence-electron chi connectivity index (χ2n) is 5.38. The van der Waals surface area contributed by atoms with Gasteiger partial charge in [0.1, 0.15) is 0 Å². The van der Waals surface area contributed by atoms with Crippen LogP contribution in [0.5, 0.6) is 0 Å². The Labute approximate surface area is 129 Å². The molecule has 3 heteroatoms. The molecule has 0 radical (unpaired) electrons. The Morgan fingerprint density at radius 2 is 1.41 bits per heavy atom. The number of amides is 2. The molecular weight excluding hydrogens is 274 g/mol. The minimum Gasteiger partial charge on any atom is -0.274 e. The van der Waals surface area contributed by atoms with E-state index in [9.17, 15) is 9.59 Å². The molecule has 2 aromatic rings. The van der Waals surface area contributed by atoms with Crippen LogP contribution in [0.2, 0.25) is 0 Å². The number of hydrogen-bond acceptors (Lipinski definition) is 2. The SMILES string of the molecule is C=C(CCCN1C(=O)c2ccccc2C1=O)c1ccccc1. The average molecular weight is 291 g/mol. The summed E-state index contributed by atoms with van der Waals surface area (Å²) in [6, 6.07) is 16.9. The summed E-state index contributed by atoms with van der Waals surface area (Å²) in [6.07, 6.45) is 1.48. The predicted molar refractivity (Wildman–Crippen MR) is 86.5 cm³/mol. The van der Waals surface area contributed by atoms with E-state index in [0.717, 1.165) is 24.0 Å². The quantitative estimate of drug-likeness (QED) is 0.786. The van der Waals surface area contributed by atoms with Crippen LogP contribution in [0.25, 0.3) is 5.57 Å². The van der Waals surface area contributed by atoms with E-state index in [0.29, 0.717) is 17.7 Å². The molecule has 0 saturated heterocycles. The van der Waals surface area contributed by atoms with Crippen LogP contribution < -0.4 is 0 Å². The molecule has 0 atom stereocenters. The van der Waals surface area contributed by atoms with Crippen molar-refractivity contribution < 1.29 is 9.59 Å². The lowest BCUT2D eigenvalue weighted by Gasteiger charge is -2.14. The molecule has 1 aliphatic rings. The molecule has 2 amide bonds. The summed E-state index contributed by atoms with van der Waals surface area (Å²) in [4.78, 5) is 25.8. The molecule has 2 aromatic carbocycles. The largest absolute Gasteiger partial charge is 0.274 e. The maximum absolute atomic E-state index is 12.2. The van der Waals surface area contributed by atoms with Crippen LogP contribution in [0.1, 0.15) is 39.1 Å². The van der Waals surface area contributed by atoms with Gasteiger partial charge in [-0.25, -0.2) is 0 Å². The Balaban J connectivity index is 1.61. The normalized spacial score (nSPS) is 13.4. The summed E-state index contributed by atoms with van der Waals surface area (Å²) < 4.78 is 0. The molecule has 0 saturated carbocycles. The molecule has 22 heavy (non-hydrogen) atoms. The van der Waals surface area contributed by atoms with Crippen LogP contribution in [0.3, 0.4) is 0 Å². The van der Waals surface area contributed by atoms with Crippen LogP contribution in [0, 0.1) is 0 Å². The fourth-order valence-electron chi connectivity index (χ4n) is 2.71. The van der Waals surface area contributed by atoms with Gasteiger partial charge in [-0.05, 0) is 36.1 Å². The van der Waals surface area contributed by atoms with Crippen molar-refractivity contribution in [3.8, 4) is 0 Å². The van der Waals surface area contributed by atoms with Crippen molar-refractivity contribution in [3.05, 3.63) is 77.9 Å². The first-order valence-electron chi connectivity index (χ1n) is 7.37. The highest BCUT2D eigenvalue weighted by atomic mass is 16.2. The van der Waals surface area contributed by atoms with Gasteiger partial charge in [-0.15, -0.1) is 0 Å². The van der Waals surface area contributed by atoms with Gasteiger partial charge in [-0.2, -0.15) is 0 Å². The third-order valence-electron chi connectivity index (χ3n) is 3.92. The number of carbonyl (C=O) groups excluding carboxylic acids is 2. The molecule has 1 heterocycles. The summed E-state index contributed by atoms with van der Waals surface area (Å²) >= 11 is 0. The summed E-state index contributed by atoms with van der Waals surface area (Å²) in [5, 5.41) is 0. The number of rotatable bonds is 5. The molecular formula is C19H17NO2. The van der Waals surface area contributed by atoms with Crippen LogP contribution in [0.4, 0.5) is 0 Å². The van der Waals surface area contributed by atoms with E-state index in [1.807, 2.05) is 30.3 Å². The van der Waals surface area contributed by atoms with E-state index in [2.05, 4.69) is 6.58 Å². The second kappa shape index (κ2) is 5.98. The zero-order valence-electron chi connectivity index (χ0n) is 12.3. The Morgan fingerprint density at radius 3 is 2.00 bits per heavy atom. The maximum Gasteiger partial charge on any atom is 0.261 e. The van der Waals surface area contributed by atoms with Crippen LogP contribution in [0.15, 0.2) is 61.2 Å². The van der Waals surface area contributed by atoms with Crippen LogP contribution in [-0.4, -0.2) is 23.3 Å². The van der Waals surface area contributed by atoms with E-state index >= 15 is 0 Å². The summed E-state index contributed by atoms with van der Waals surface area (Å²) in [5.74, 6) is -0.378. The lowest BCUT2D eigenvalue weighted by molar-refractivity contribution is 0.0653. The van der Waals surface area contributed by atoms with Crippen LogP contribution in [-0.2, 0) is 0 Å².